The molecule has 0 aliphatic carbocycles. The van der Waals surface area contributed by atoms with Gasteiger partial charge in [0, 0.05) is 13.1 Å². The van der Waals surface area contributed by atoms with Crippen LogP contribution >= 0.6 is 0 Å². The van der Waals surface area contributed by atoms with E-state index >= 15 is 0 Å². The zero-order chi connectivity index (χ0) is 14.8. The number of amides is 1. The van der Waals surface area contributed by atoms with Crippen LogP contribution in [0.25, 0.3) is 0 Å². The van der Waals surface area contributed by atoms with Gasteiger partial charge in [-0.1, -0.05) is 0 Å². The Labute approximate surface area is 119 Å². The second-order valence-electron chi connectivity index (χ2n) is 6.03. The third-order valence-corrected chi connectivity index (χ3v) is 3.00. The highest BCUT2D eigenvalue weighted by Crippen LogP contribution is 2.19. The monoisotopic (exact) mass is 278 g/mol. The minimum atomic E-state index is -0.471. The number of hydrogen-bond donors (Lipinski definition) is 2. The first-order valence-electron chi connectivity index (χ1n) is 6.79. The molecule has 6 nitrogen and oxygen atoms in total. The number of nitrogen functional groups attached to an aromatic ring is 1. The maximum Gasteiger partial charge on any atom is 0.407 e. The lowest BCUT2D eigenvalue weighted by molar-refractivity contribution is 0.0509. The van der Waals surface area contributed by atoms with E-state index in [0.717, 1.165) is 25.3 Å². The van der Waals surface area contributed by atoms with Crippen LogP contribution in [0, 0.1) is 0 Å². The number of rotatable bonds is 2. The van der Waals surface area contributed by atoms with Gasteiger partial charge < -0.3 is 20.7 Å². The molecule has 1 saturated heterocycles. The lowest BCUT2D eigenvalue weighted by Crippen LogP contribution is -2.40. The van der Waals surface area contributed by atoms with Crippen molar-refractivity contribution in [3.05, 3.63) is 18.3 Å². The molecule has 110 valence electrons. The van der Waals surface area contributed by atoms with Crippen LogP contribution in [0.15, 0.2) is 18.3 Å². The second-order valence-corrected chi connectivity index (χ2v) is 6.03. The third kappa shape index (κ3) is 4.01. The summed E-state index contributed by atoms with van der Waals surface area (Å²) in [6.45, 7) is 7.15. The largest absolute Gasteiger partial charge is 0.444 e. The Bertz CT molecular complexity index is 467. The number of carbonyl (C=O) groups excluding carboxylic acids is 1. The molecule has 2 rings (SSSR count). The van der Waals surface area contributed by atoms with E-state index in [4.69, 9.17) is 10.5 Å². The summed E-state index contributed by atoms with van der Waals surface area (Å²) in [5, 5.41) is 2.89. The van der Waals surface area contributed by atoms with Gasteiger partial charge in [0.05, 0.1) is 17.9 Å². The van der Waals surface area contributed by atoms with Crippen LogP contribution in [0.5, 0.6) is 0 Å². The molecular formula is C14H22N4O2. The van der Waals surface area contributed by atoms with E-state index in [-0.39, 0.29) is 12.1 Å². The Hall–Kier alpha value is -1.98. The number of anilines is 2. The average molecular weight is 278 g/mol. The summed E-state index contributed by atoms with van der Waals surface area (Å²) in [6.07, 6.45) is 2.16. The van der Waals surface area contributed by atoms with Gasteiger partial charge in [-0.15, -0.1) is 0 Å². The average Bonchev–Trinajstić information content (AvgIpc) is 2.75. The molecule has 1 aliphatic heterocycles. The van der Waals surface area contributed by atoms with Gasteiger partial charge in [-0.25, -0.2) is 9.78 Å². The number of alkyl carbamates (subject to hydrolysis) is 1. The highest BCUT2D eigenvalue weighted by atomic mass is 16.6. The summed E-state index contributed by atoms with van der Waals surface area (Å²) >= 11 is 0. The van der Waals surface area contributed by atoms with Crippen molar-refractivity contribution in [3.63, 3.8) is 0 Å². The highest BCUT2D eigenvalue weighted by molar-refractivity contribution is 5.68. The molecule has 0 spiro atoms. The Morgan fingerprint density at radius 2 is 2.25 bits per heavy atom. The first kappa shape index (κ1) is 14.4. The molecule has 2 heterocycles. The molecule has 1 amide bonds. The molecule has 0 aromatic carbocycles. The Balaban J connectivity index is 1.86. The normalized spacial score (nSPS) is 18.9. The van der Waals surface area contributed by atoms with Crippen LogP contribution in [-0.2, 0) is 4.74 Å². The summed E-state index contributed by atoms with van der Waals surface area (Å²) in [4.78, 5) is 18.1. The van der Waals surface area contributed by atoms with Gasteiger partial charge in [0.1, 0.15) is 11.4 Å². The molecule has 6 heteroatoms. The number of nitrogens with two attached hydrogens (primary N) is 1. The van der Waals surface area contributed by atoms with E-state index in [1.165, 1.54) is 0 Å². The lowest BCUT2D eigenvalue weighted by atomic mass is 10.2. The number of nitrogens with zero attached hydrogens (tertiary/aromatic N) is 2. The fraction of sp³-hybridized carbons (Fsp3) is 0.571. The molecule has 3 N–H and O–H groups in total. The highest BCUT2D eigenvalue weighted by Gasteiger charge is 2.26. The lowest BCUT2D eigenvalue weighted by Gasteiger charge is -2.22. The van der Waals surface area contributed by atoms with E-state index in [9.17, 15) is 4.79 Å². The number of pyridine rings is 1. The maximum absolute atomic E-state index is 11.7. The predicted octanol–water partition coefficient (Wildman–Crippen LogP) is 1.77. The van der Waals surface area contributed by atoms with Gasteiger partial charge in [0.25, 0.3) is 0 Å². The summed E-state index contributed by atoms with van der Waals surface area (Å²) < 4.78 is 5.26. The second kappa shape index (κ2) is 5.56. The number of hydrogen-bond acceptors (Lipinski definition) is 5. The van der Waals surface area contributed by atoms with Crippen molar-refractivity contribution in [1.29, 1.82) is 0 Å². The molecule has 20 heavy (non-hydrogen) atoms. The van der Waals surface area contributed by atoms with Crippen molar-refractivity contribution in [2.24, 2.45) is 0 Å². The van der Waals surface area contributed by atoms with E-state index in [1.54, 1.807) is 6.20 Å². The summed E-state index contributed by atoms with van der Waals surface area (Å²) in [5.74, 6) is 0.882. The zero-order valence-electron chi connectivity index (χ0n) is 12.2. The minimum Gasteiger partial charge on any atom is -0.444 e. The maximum atomic E-state index is 11.7. The van der Waals surface area contributed by atoms with Crippen LogP contribution in [0.3, 0.4) is 0 Å². The van der Waals surface area contributed by atoms with Crippen LogP contribution in [0.2, 0.25) is 0 Å². The number of nitrogens with one attached hydrogen (secondary N) is 1. The van der Waals surface area contributed by atoms with E-state index in [1.807, 2.05) is 32.9 Å². The quantitative estimate of drug-likeness (QED) is 0.861. The van der Waals surface area contributed by atoms with Gasteiger partial charge >= 0.3 is 6.09 Å². The van der Waals surface area contributed by atoms with Gasteiger partial charge in [0.2, 0.25) is 0 Å². The molecule has 1 fully saturated rings. The van der Waals surface area contributed by atoms with Crippen molar-refractivity contribution in [1.82, 2.24) is 10.3 Å². The summed E-state index contributed by atoms with van der Waals surface area (Å²) in [7, 11) is 0. The van der Waals surface area contributed by atoms with Crippen molar-refractivity contribution in [2.45, 2.75) is 38.8 Å². The number of carbonyl (C=O) groups is 1. The van der Waals surface area contributed by atoms with Crippen LogP contribution in [-0.4, -0.2) is 35.8 Å². The van der Waals surface area contributed by atoms with Crippen LogP contribution in [0.4, 0.5) is 16.3 Å². The zero-order valence-corrected chi connectivity index (χ0v) is 12.2. The third-order valence-electron chi connectivity index (χ3n) is 3.00. The van der Waals surface area contributed by atoms with Gasteiger partial charge in [0.15, 0.2) is 0 Å². The van der Waals surface area contributed by atoms with Gasteiger partial charge in [-0.3, -0.25) is 0 Å². The molecule has 0 unspecified atom stereocenters. The number of aromatic nitrogens is 1. The van der Waals surface area contributed by atoms with Crippen LogP contribution in [0.1, 0.15) is 27.2 Å². The van der Waals surface area contributed by atoms with Gasteiger partial charge in [-0.05, 0) is 39.3 Å². The van der Waals surface area contributed by atoms with E-state index < -0.39 is 5.60 Å². The Kier molecular flexibility index (Phi) is 4.01. The van der Waals surface area contributed by atoms with Crippen molar-refractivity contribution in [2.75, 3.05) is 23.7 Å². The molecule has 1 aliphatic rings. The molecule has 1 atom stereocenters. The standard InChI is InChI=1S/C14H22N4O2/c1-14(2,3)20-13(19)17-11-6-7-18(9-11)12-5-4-10(15)8-16-12/h4-5,8,11H,6-7,9,15H2,1-3H3,(H,17,19)/t11-/m0/s1. The first-order chi connectivity index (χ1) is 9.33. The topological polar surface area (TPSA) is 80.5 Å². The van der Waals surface area contributed by atoms with Crippen molar-refractivity contribution in [3.8, 4) is 0 Å². The minimum absolute atomic E-state index is 0.0872. The smallest absolute Gasteiger partial charge is 0.407 e. The molecular weight excluding hydrogens is 256 g/mol. The molecule has 1 aromatic rings. The van der Waals surface area contributed by atoms with Gasteiger partial charge in [-0.2, -0.15) is 0 Å². The first-order valence-corrected chi connectivity index (χ1v) is 6.79. The molecule has 0 saturated carbocycles. The SMILES string of the molecule is CC(C)(C)OC(=O)N[C@H]1CCN(c2ccc(N)cn2)C1. The fourth-order valence-corrected chi connectivity index (χ4v) is 2.14. The predicted molar refractivity (Wildman–Crippen MR) is 78.6 cm³/mol. The summed E-state index contributed by atoms with van der Waals surface area (Å²) in [5.41, 5.74) is 5.80. The fourth-order valence-electron chi connectivity index (χ4n) is 2.14. The summed E-state index contributed by atoms with van der Waals surface area (Å²) in [6, 6.07) is 3.81. The Morgan fingerprint density at radius 1 is 1.50 bits per heavy atom. The van der Waals surface area contributed by atoms with E-state index in [0.29, 0.717) is 5.69 Å². The van der Waals surface area contributed by atoms with Crippen molar-refractivity contribution < 1.29 is 9.53 Å². The van der Waals surface area contributed by atoms with Crippen LogP contribution < -0.4 is 16.0 Å². The number of ether oxygens (including phenoxy) is 1. The molecule has 0 bridgehead atoms. The molecule has 0 radical (unpaired) electrons. The Morgan fingerprint density at radius 3 is 2.85 bits per heavy atom. The van der Waals surface area contributed by atoms with Crippen molar-refractivity contribution >= 4 is 17.6 Å². The molecule has 1 aromatic heterocycles. The van der Waals surface area contributed by atoms with E-state index in [2.05, 4.69) is 15.2 Å².